The van der Waals surface area contributed by atoms with Crippen LogP contribution in [0.2, 0.25) is 5.02 Å². The first-order chi connectivity index (χ1) is 13.4. The fraction of sp³-hybridized carbons (Fsp3) is 0.0952. The lowest BCUT2D eigenvalue weighted by Gasteiger charge is -2.26. The Hall–Kier alpha value is -3.38. The Labute approximate surface area is 167 Å². The van der Waals surface area contributed by atoms with Crippen LogP contribution < -0.4 is 15.1 Å². The van der Waals surface area contributed by atoms with Crippen molar-refractivity contribution in [2.24, 2.45) is 0 Å². The molecule has 1 N–H and O–H groups in total. The third-order valence-electron chi connectivity index (χ3n) is 4.15. The molecule has 1 fully saturated rings. The SMILES string of the molecule is CN(C)c1ccc(C=CC=C2C(=O)NC(=O)N(c3ccc(Cl)cc3)C2=O)cc1. The first-order valence-electron chi connectivity index (χ1n) is 8.48. The second kappa shape index (κ2) is 8.10. The minimum Gasteiger partial charge on any atom is -0.378 e. The van der Waals surface area contributed by atoms with Gasteiger partial charge in [0.25, 0.3) is 11.8 Å². The van der Waals surface area contributed by atoms with Crippen LogP contribution in [0.5, 0.6) is 0 Å². The average Bonchev–Trinajstić information content (AvgIpc) is 2.66. The van der Waals surface area contributed by atoms with Crippen LogP contribution in [-0.4, -0.2) is 31.9 Å². The summed E-state index contributed by atoms with van der Waals surface area (Å²) in [7, 11) is 3.91. The minimum absolute atomic E-state index is 0.129. The van der Waals surface area contributed by atoms with Gasteiger partial charge in [0.05, 0.1) is 5.69 Å². The Morgan fingerprint density at radius 1 is 0.964 bits per heavy atom. The molecule has 1 saturated heterocycles. The number of carbonyl (C=O) groups excluding carboxylic acids is 3. The maximum absolute atomic E-state index is 12.7. The molecule has 0 spiro atoms. The number of benzene rings is 2. The number of rotatable bonds is 4. The summed E-state index contributed by atoms with van der Waals surface area (Å²) in [6.45, 7) is 0. The van der Waals surface area contributed by atoms with Crippen molar-refractivity contribution in [3.63, 3.8) is 0 Å². The Morgan fingerprint density at radius 2 is 1.61 bits per heavy atom. The first-order valence-corrected chi connectivity index (χ1v) is 8.85. The van der Waals surface area contributed by atoms with Crippen LogP contribution >= 0.6 is 11.6 Å². The highest BCUT2D eigenvalue weighted by molar-refractivity contribution is 6.37. The van der Waals surface area contributed by atoms with Crippen molar-refractivity contribution in [3.05, 3.63) is 76.8 Å². The van der Waals surface area contributed by atoms with E-state index in [-0.39, 0.29) is 5.57 Å². The summed E-state index contributed by atoms with van der Waals surface area (Å²) < 4.78 is 0. The molecular weight excluding hydrogens is 378 g/mol. The van der Waals surface area contributed by atoms with E-state index in [4.69, 9.17) is 11.6 Å². The fourth-order valence-corrected chi connectivity index (χ4v) is 2.77. The van der Waals surface area contributed by atoms with Crippen molar-refractivity contribution in [2.75, 3.05) is 23.9 Å². The van der Waals surface area contributed by atoms with Crippen LogP contribution in [0.1, 0.15) is 5.56 Å². The number of nitrogens with one attached hydrogen (secondary N) is 1. The zero-order valence-electron chi connectivity index (χ0n) is 15.3. The average molecular weight is 396 g/mol. The molecule has 0 radical (unpaired) electrons. The highest BCUT2D eigenvalue weighted by Gasteiger charge is 2.36. The number of amides is 4. The van der Waals surface area contributed by atoms with Gasteiger partial charge in [-0.2, -0.15) is 0 Å². The number of nitrogens with zero attached hydrogens (tertiary/aromatic N) is 2. The summed E-state index contributed by atoms with van der Waals surface area (Å²) in [6, 6.07) is 13.2. The number of barbiturate groups is 1. The number of anilines is 2. The molecule has 0 bridgehead atoms. The summed E-state index contributed by atoms with van der Waals surface area (Å²) in [5.74, 6) is -1.42. The molecule has 2 aromatic carbocycles. The van der Waals surface area contributed by atoms with E-state index in [0.717, 1.165) is 16.2 Å². The minimum atomic E-state index is -0.794. The second-order valence-corrected chi connectivity index (χ2v) is 6.74. The lowest BCUT2D eigenvalue weighted by Crippen LogP contribution is -2.54. The molecule has 142 valence electrons. The van der Waals surface area contributed by atoms with Crippen LogP contribution in [0.25, 0.3) is 6.08 Å². The quantitative estimate of drug-likeness (QED) is 0.634. The molecule has 3 rings (SSSR count). The van der Waals surface area contributed by atoms with E-state index < -0.39 is 17.8 Å². The van der Waals surface area contributed by atoms with Gasteiger partial charge in [-0.1, -0.05) is 35.9 Å². The second-order valence-electron chi connectivity index (χ2n) is 6.30. The number of carbonyl (C=O) groups is 3. The van der Waals surface area contributed by atoms with E-state index in [1.807, 2.05) is 43.3 Å². The number of hydrogen-bond donors (Lipinski definition) is 1. The molecule has 1 aliphatic heterocycles. The molecule has 28 heavy (non-hydrogen) atoms. The number of hydrogen-bond acceptors (Lipinski definition) is 4. The molecule has 0 unspecified atom stereocenters. The number of allylic oxidation sites excluding steroid dienone is 2. The molecule has 4 amide bonds. The molecule has 6 nitrogen and oxygen atoms in total. The van der Waals surface area contributed by atoms with Crippen LogP contribution in [0, 0.1) is 0 Å². The van der Waals surface area contributed by atoms with Gasteiger partial charge in [0.15, 0.2) is 0 Å². The standard InChI is InChI=1S/C21H18ClN3O3/c1-24(2)16-10-6-14(7-11-16)4-3-5-18-19(26)23-21(28)25(20(18)27)17-12-8-15(22)9-13-17/h3-13H,1-2H3,(H,23,26,28). The lowest BCUT2D eigenvalue weighted by atomic mass is 10.1. The Bertz CT molecular complexity index is 977. The predicted molar refractivity (Wildman–Crippen MR) is 110 cm³/mol. The van der Waals surface area contributed by atoms with E-state index in [2.05, 4.69) is 5.32 Å². The monoisotopic (exact) mass is 395 g/mol. The van der Waals surface area contributed by atoms with Crippen LogP contribution in [0.4, 0.5) is 16.2 Å². The molecule has 0 aliphatic carbocycles. The van der Waals surface area contributed by atoms with E-state index in [9.17, 15) is 14.4 Å². The largest absolute Gasteiger partial charge is 0.378 e. The van der Waals surface area contributed by atoms with Gasteiger partial charge in [-0.3, -0.25) is 14.9 Å². The van der Waals surface area contributed by atoms with Crippen molar-refractivity contribution in [1.82, 2.24) is 5.32 Å². The molecular formula is C21H18ClN3O3. The van der Waals surface area contributed by atoms with Gasteiger partial charge < -0.3 is 4.90 Å². The van der Waals surface area contributed by atoms with Crippen LogP contribution in [-0.2, 0) is 9.59 Å². The predicted octanol–water partition coefficient (Wildman–Crippen LogP) is 3.63. The smallest absolute Gasteiger partial charge is 0.335 e. The number of imide groups is 2. The molecule has 1 heterocycles. The fourth-order valence-electron chi connectivity index (χ4n) is 2.64. The van der Waals surface area contributed by atoms with Crippen LogP contribution in [0.3, 0.4) is 0 Å². The summed E-state index contributed by atoms with van der Waals surface area (Å²) in [5, 5.41) is 2.65. The highest BCUT2D eigenvalue weighted by atomic mass is 35.5. The Balaban J connectivity index is 1.83. The maximum atomic E-state index is 12.7. The van der Waals surface area contributed by atoms with E-state index in [0.29, 0.717) is 10.7 Å². The van der Waals surface area contributed by atoms with Gasteiger partial charge >= 0.3 is 6.03 Å². The van der Waals surface area contributed by atoms with Gasteiger partial charge in [-0.25, -0.2) is 9.69 Å². The normalized spacial score (nSPS) is 16.0. The maximum Gasteiger partial charge on any atom is 0.335 e. The summed E-state index contributed by atoms with van der Waals surface area (Å²) in [5.41, 5.74) is 2.18. The van der Waals surface area contributed by atoms with Gasteiger partial charge in [-0.05, 0) is 48.0 Å². The Morgan fingerprint density at radius 3 is 2.21 bits per heavy atom. The highest BCUT2D eigenvalue weighted by Crippen LogP contribution is 2.22. The zero-order valence-corrected chi connectivity index (χ0v) is 16.1. The van der Waals surface area contributed by atoms with Gasteiger partial charge in [0.1, 0.15) is 5.57 Å². The van der Waals surface area contributed by atoms with Gasteiger partial charge in [0.2, 0.25) is 0 Å². The molecule has 7 heteroatoms. The molecule has 2 aromatic rings. The summed E-state index contributed by atoms with van der Waals surface area (Å²) >= 11 is 5.85. The van der Waals surface area contributed by atoms with E-state index >= 15 is 0 Å². The van der Waals surface area contributed by atoms with Crippen molar-refractivity contribution in [1.29, 1.82) is 0 Å². The first kappa shape index (κ1) is 19.4. The lowest BCUT2D eigenvalue weighted by molar-refractivity contribution is -0.122. The van der Waals surface area contributed by atoms with Crippen molar-refractivity contribution in [3.8, 4) is 0 Å². The summed E-state index contributed by atoms with van der Waals surface area (Å²) in [4.78, 5) is 39.8. The number of urea groups is 1. The van der Waals surface area contributed by atoms with Crippen molar-refractivity contribution < 1.29 is 14.4 Å². The van der Waals surface area contributed by atoms with Crippen LogP contribution in [0.15, 0.2) is 66.3 Å². The molecule has 1 aliphatic rings. The topological polar surface area (TPSA) is 69.7 Å². The third-order valence-corrected chi connectivity index (χ3v) is 4.40. The van der Waals surface area contributed by atoms with Gasteiger partial charge in [0, 0.05) is 24.8 Å². The molecule has 0 atom stereocenters. The van der Waals surface area contributed by atoms with Gasteiger partial charge in [-0.15, -0.1) is 0 Å². The Kier molecular flexibility index (Phi) is 5.61. The summed E-state index contributed by atoms with van der Waals surface area (Å²) in [6.07, 6.45) is 4.77. The number of halogens is 1. The van der Waals surface area contributed by atoms with E-state index in [1.54, 1.807) is 24.3 Å². The van der Waals surface area contributed by atoms with E-state index in [1.165, 1.54) is 18.2 Å². The molecule has 0 aromatic heterocycles. The third kappa shape index (κ3) is 4.13. The van der Waals surface area contributed by atoms with Crippen molar-refractivity contribution in [2.45, 2.75) is 0 Å². The molecule has 0 saturated carbocycles. The van der Waals surface area contributed by atoms with Crippen molar-refractivity contribution >= 4 is 46.9 Å². The zero-order chi connectivity index (χ0) is 20.3.